The number of esters is 1. The number of ether oxygens (including phenoxy) is 1. The van der Waals surface area contributed by atoms with Crippen molar-refractivity contribution in [2.75, 3.05) is 5.32 Å². The lowest BCUT2D eigenvalue weighted by Crippen LogP contribution is -2.15. The fourth-order valence-corrected chi connectivity index (χ4v) is 3.19. The van der Waals surface area contributed by atoms with E-state index < -0.39 is 0 Å². The third kappa shape index (κ3) is 4.87. The first-order chi connectivity index (χ1) is 10.9. The van der Waals surface area contributed by atoms with Crippen molar-refractivity contribution in [1.82, 2.24) is 0 Å². The molecule has 1 atom stereocenters. The Morgan fingerprint density at radius 2 is 2.00 bits per heavy atom. The minimum atomic E-state index is -0.223. The predicted molar refractivity (Wildman–Crippen MR) is 98.3 cm³/mol. The van der Waals surface area contributed by atoms with Crippen LogP contribution < -0.4 is 5.32 Å². The summed E-state index contributed by atoms with van der Waals surface area (Å²) in [5.41, 5.74) is 3.46. The second kappa shape index (κ2) is 8.04. The summed E-state index contributed by atoms with van der Waals surface area (Å²) >= 11 is 13.8. The molecule has 1 aromatic carbocycles. The molecule has 1 aromatic heterocycles. The summed E-state index contributed by atoms with van der Waals surface area (Å²) in [7, 11) is 0. The Kier molecular flexibility index (Phi) is 6.33. The molecule has 23 heavy (non-hydrogen) atoms. The lowest BCUT2D eigenvalue weighted by atomic mass is 10.2. The number of aryl methyl sites for hydroxylation is 1. The highest BCUT2D eigenvalue weighted by atomic mass is 35.5. The standard InChI is InChI=1S/C17H19Cl2NO2S/c1-4-11(3)22-17(21)6-12-8-23-9-16(12)20-15-5-10(2)13(18)7-14(15)19/h5,7-9,11,20H,4,6H2,1-3H3. The van der Waals surface area contributed by atoms with Crippen molar-refractivity contribution in [2.45, 2.75) is 39.7 Å². The van der Waals surface area contributed by atoms with Crippen LogP contribution in [0.4, 0.5) is 11.4 Å². The zero-order valence-corrected chi connectivity index (χ0v) is 15.6. The van der Waals surface area contributed by atoms with Crippen LogP contribution in [0.5, 0.6) is 0 Å². The Morgan fingerprint density at radius 3 is 2.70 bits per heavy atom. The zero-order chi connectivity index (χ0) is 17.0. The maximum Gasteiger partial charge on any atom is 0.310 e. The Morgan fingerprint density at radius 1 is 1.26 bits per heavy atom. The minimum Gasteiger partial charge on any atom is -0.462 e. The number of benzene rings is 1. The molecule has 0 bridgehead atoms. The molecule has 0 fully saturated rings. The molecule has 0 saturated carbocycles. The van der Waals surface area contributed by atoms with Crippen molar-refractivity contribution < 1.29 is 9.53 Å². The largest absolute Gasteiger partial charge is 0.462 e. The SMILES string of the molecule is CCC(C)OC(=O)Cc1cscc1Nc1cc(C)c(Cl)cc1Cl. The van der Waals surface area contributed by atoms with Crippen LogP contribution in [0, 0.1) is 6.92 Å². The van der Waals surface area contributed by atoms with Crippen LogP contribution in [0.3, 0.4) is 0 Å². The van der Waals surface area contributed by atoms with Gasteiger partial charge in [-0.05, 0) is 48.9 Å². The molecule has 2 aromatic rings. The monoisotopic (exact) mass is 371 g/mol. The quantitative estimate of drug-likeness (QED) is 0.633. The number of nitrogens with one attached hydrogen (secondary N) is 1. The number of halogens is 2. The van der Waals surface area contributed by atoms with E-state index in [1.807, 2.05) is 37.6 Å². The van der Waals surface area contributed by atoms with E-state index in [4.69, 9.17) is 27.9 Å². The van der Waals surface area contributed by atoms with Gasteiger partial charge in [-0.3, -0.25) is 4.79 Å². The smallest absolute Gasteiger partial charge is 0.310 e. The molecule has 0 aliphatic rings. The Bertz CT molecular complexity index is 700. The van der Waals surface area contributed by atoms with Gasteiger partial charge in [0.2, 0.25) is 0 Å². The molecule has 0 saturated heterocycles. The van der Waals surface area contributed by atoms with Gasteiger partial charge in [0, 0.05) is 10.4 Å². The molecule has 0 spiro atoms. The zero-order valence-electron chi connectivity index (χ0n) is 13.3. The molecule has 3 nitrogen and oxygen atoms in total. The van der Waals surface area contributed by atoms with E-state index in [2.05, 4.69) is 5.32 Å². The van der Waals surface area contributed by atoms with Crippen LogP contribution in [-0.4, -0.2) is 12.1 Å². The van der Waals surface area contributed by atoms with Gasteiger partial charge < -0.3 is 10.1 Å². The van der Waals surface area contributed by atoms with E-state index in [0.717, 1.165) is 28.9 Å². The van der Waals surface area contributed by atoms with Gasteiger partial charge in [-0.25, -0.2) is 0 Å². The number of carbonyl (C=O) groups excluding carboxylic acids is 1. The van der Waals surface area contributed by atoms with Crippen LogP contribution >= 0.6 is 34.5 Å². The van der Waals surface area contributed by atoms with E-state index in [1.54, 1.807) is 6.07 Å². The van der Waals surface area contributed by atoms with Gasteiger partial charge in [-0.15, -0.1) is 11.3 Å². The number of hydrogen-bond acceptors (Lipinski definition) is 4. The fraction of sp³-hybridized carbons (Fsp3) is 0.353. The van der Waals surface area contributed by atoms with Gasteiger partial charge in [-0.1, -0.05) is 30.1 Å². The molecule has 0 aliphatic carbocycles. The molecular formula is C17H19Cl2NO2S. The summed E-state index contributed by atoms with van der Waals surface area (Å²) < 4.78 is 5.33. The molecule has 1 heterocycles. The first-order valence-corrected chi connectivity index (χ1v) is 9.07. The van der Waals surface area contributed by atoms with Gasteiger partial charge in [0.15, 0.2) is 0 Å². The van der Waals surface area contributed by atoms with Crippen molar-refractivity contribution in [3.05, 3.63) is 44.1 Å². The predicted octanol–water partition coefficient (Wildman–Crippen LogP) is 5.99. The van der Waals surface area contributed by atoms with Crippen LogP contribution in [0.15, 0.2) is 22.9 Å². The van der Waals surface area contributed by atoms with Crippen molar-refractivity contribution >= 4 is 51.9 Å². The molecule has 1 unspecified atom stereocenters. The van der Waals surface area contributed by atoms with E-state index in [1.165, 1.54) is 11.3 Å². The summed E-state index contributed by atoms with van der Waals surface area (Å²) in [5, 5.41) is 8.34. The van der Waals surface area contributed by atoms with Crippen molar-refractivity contribution in [2.24, 2.45) is 0 Å². The number of thiophene rings is 1. The highest BCUT2D eigenvalue weighted by Crippen LogP contribution is 2.33. The second-order valence-corrected chi connectivity index (χ2v) is 6.96. The maximum atomic E-state index is 12.0. The van der Waals surface area contributed by atoms with Gasteiger partial charge in [0.05, 0.1) is 28.9 Å². The average Bonchev–Trinajstić information content (AvgIpc) is 2.91. The summed E-state index contributed by atoms with van der Waals surface area (Å²) in [6, 6.07) is 3.60. The summed E-state index contributed by atoms with van der Waals surface area (Å²) in [5.74, 6) is -0.223. The first-order valence-electron chi connectivity index (χ1n) is 7.38. The van der Waals surface area contributed by atoms with Crippen LogP contribution in [0.25, 0.3) is 0 Å². The van der Waals surface area contributed by atoms with E-state index in [9.17, 15) is 4.79 Å². The Balaban J connectivity index is 2.13. The molecule has 0 aliphatic heterocycles. The van der Waals surface area contributed by atoms with Gasteiger partial charge in [0.1, 0.15) is 0 Å². The third-order valence-electron chi connectivity index (χ3n) is 3.50. The minimum absolute atomic E-state index is 0.0640. The van der Waals surface area contributed by atoms with Crippen molar-refractivity contribution in [3.63, 3.8) is 0 Å². The highest BCUT2D eigenvalue weighted by Gasteiger charge is 2.14. The van der Waals surface area contributed by atoms with Crippen LogP contribution in [-0.2, 0) is 16.0 Å². The van der Waals surface area contributed by atoms with Crippen molar-refractivity contribution in [1.29, 1.82) is 0 Å². The second-order valence-electron chi connectivity index (χ2n) is 5.40. The first kappa shape index (κ1) is 18.1. The third-order valence-corrected chi connectivity index (χ3v) is 5.01. The number of anilines is 2. The molecule has 0 amide bonds. The normalized spacial score (nSPS) is 12.0. The molecular weight excluding hydrogens is 353 g/mol. The Hall–Kier alpha value is -1.23. The number of rotatable bonds is 6. The van der Waals surface area contributed by atoms with Gasteiger partial charge >= 0.3 is 5.97 Å². The molecule has 124 valence electrons. The van der Waals surface area contributed by atoms with E-state index in [0.29, 0.717) is 10.0 Å². The molecule has 0 radical (unpaired) electrons. The maximum absolute atomic E-state index is 12.0. The molecule has 1 N–H and O–H groups in total. The topological polar surface area (TPSA) is 38.3 Å². The summed E-state index contributed by atoms with van der Waals surface area (Å²) in [4.78, 5) is 12.0. The summed E-state index contributed by atoms with van der Waals surface area (Å²) in [6.07, 6.45) is 0.978. The summed E-state index contributed by atoms with van der Waals surface area (Å²) in [6.45, 7) is 5.79. The number of carbonyl (C=O) groups is 1. The molecule has 2 rings (SSSR count). The Labute approximate surface area is 150 Å². The van der Waals surface area contributed by atoms with Crippen LogP contribution in [0.2, 0.25) is 10.0 Å². The van der Waals surface area contributed by atoms with Crippen LogP contribution in [0.1, 0.15) is 31.4 Å². The highest BCUT2D eigenvalue weighted by molar-refractivity contribution is 7.08. The average molecular weight is 372 g/mol. The lowest BCUT2D eigenvalue weighted by molar-refractivity contribution is -0.147. The lowest BCUT2D eigenvalue weighted by Gasteiger charge is -2.13. The van der Waals surface area contributed by atoms with Gasteiger partial charge in [0.25, 0.3) is 0 Å². The van der Waals surface area contributed by atoms with E-state index >= 15 is 0 Å². The van der Waals surface area contributed by atoms with Gasteiger partial charge in [-0.2, -0.15) is 0 Å². The number of hydrogen-bond donors (Lipinski definition) is 1. The molecule has 6 heteroatoms. The fourth-order valence-electron chi connectivity index (χ4n) is 1.97. The van der Waals surface area contributed by atoms with E-state index in [-0.39, 0.29) is 18.5 Å². The van der Waals surface area contributed by atoms with Crippen molar-refractivity contribution in [3.8, 4) is 0 Å².